The molecule has 1 heterocycles. The lowest BCUT2D eigenvalue weighted by molar-refractivity contribution is -0.140. The van der Waals surface area contributed by atoms with Crippen LogP contribution in [0.15, 0.2) is 9.42 Å². The fourth-order valence-electron chi connectivity index (χ4n) is 1.73. The second-order valence-electron chi connectivity index (χ2n) is 4.48. The van der Waals surface area contributed by atoms with Gasteiger partial charge < -0.3 is 9.63 Å². The topological polar surface area (TPSA) is 110 Å². The van der Waals surface area contributed by atoms with Crippen LogP contribution in [0.5, 0.6) is 0 Å². The smallest absolute Gasteiger partial charge is 0.322 e. The molecule has 1 aromatic rings. The minimum Gasteiger partial charge on any atom is -0.480 e. The minimum atomic E-state index is -3.96. The van der Waals surface area contributed by atoms with Gasteiger partial charge in [-0.15, -0.1) is 0 Å². The van der Waals surface area contributed by atoms with E-state index in [9.17, 15) is 13.2 Å². The number of hydrogen-bond donors (Lipinski definition) is 2. The lowest BCUT2D eigenvalue weighted by atomic mass is 10.0. The van der Waals surface area contributed by atoms with E-state index < -0.39 is 22.0 Å². The van der Waals surface area contributed by atoms with Crippen molar-refractivity contribution in [2.24, 2.45) is 5.92 Å². The molecule has 7 nitrogen and oxygen atoms in total. The largest absolute Gasteiger partial charge is 0.480 e. The molecule has 0 aromatic carbocycles. The third-order valence-corrected chi connectivity index (χ3v) is 4.68. The maximum Gasteiger partial charge on any atom is 0.322 e. The van der Waals surface area contributed by atoms with Gasteiger partial charge in [0.25, 0.3) is 0 Å². The lowest BCUT2D eigenvalue weighted by Crippen LogP contribution is -2.45. The highest BCUT2D eigenvalue weighted by molar-refractivity contribution is 7.89. The van der Waals surface area contributed by atoms with Gasteiger partial charge in [0.05, 0.1) is 0 Å². The molecule has 1 rings (SSSR count). The molecule has 0 aliphatic heterocycles. The maximum absolute atomic E-state index is 12.2. The van der Waals surface area contributed by atoms with E-state index in [1.54, 1.807) is 13.8 Å². The number of nitrogens with zero attached hydrogens (tertiary/aromatic N) is 1. The van der Waals surface area contributed by atoms with Gasteiger partial charge in [-0.1, -0.05) is 25.4 Å². The summed E-state index contributed by atoms with van der Waals surface area (Å²) < 4.78 is 31.4. The van der Waals surface area contributed by atoms with Crippen LogP contribution in [0.3, 0.4) is 0 Å². The maximum atomic E-state index is 12.2. The van der Waals surface area contributed by atoms with Crippen molar-refractivity contribution >= 4 is 16.0 Å². The molecule has 2 N–H and O–H groups in total. The molecule has 0 aliphatic rings. The van der Waals surface area contributed by atoms with Crippen molar-refractivity contribution in [3.63, 3.8) is 0 Å². The molecule has 0 unspecified atom stereocenters. The molecule has 0 aliphatic carbocycles. The molecule has 19 heavy (non-hydrogen) atoms. The Bertz CT molecular complexity index is 544. The first-order chi connectivity index (χ1) is 8.70. The van der Waals surface area contributed by atoms with Crippen molar-refractivity contribution in [1.29, 1.82) is 0 Å². The number of carboxylic acids is 1. The van der Waals surface area contributed by atoms with E-state index in [1.807, 2.05) is 0 Å². The molecule has 8 heteroatoms. The van der Waals surface area contributed by atoms with E-state index in [0.717, 1.165) is 0 Å². The van der Waals surface area contributed by atoms with Crippen molar-refractivity contribution in [1.82, 2.24) is 9.88 Å². The Morgan fingerprint density at radius 2 is 2.05 bits per heavy atom. The minimum absolute atomic E-state index is 0.0953. The number of aromatic nitrogens is 1. The van der Waals surface area contributed by atoms with E-state index in [1.165, 1.54) is 13.8 Å². The molecule has 0 fully saturated rings. The molecule has 108 valence electrons. The second kappa shape index (κ2) is 5.70. The van der Waals surface area contributed by atoms with Gasteiger partial charge in [-0.3, -0.25) is 4.79 Å². The number of sulfonamides is 1. The van der Waals surface area contributed by atoms with Gasteiger partial charge >= 0.3 is 5.97 Å². The standard InChI is InChI=1S/C11H18N2O5S/c1-5-6(2)9(11(14)15)13-19(16,17)10-7(3)12-18-8(10)4/h6,9,13H,5H2,1-4H3,(H,14,15)/t6-,9-/m0/s1. The zero-order valence-electron chi connectivity index (χ0n) is 11.3. The number of aliphatic carboxylic acids is 1. The van der Waals surface area contributed by atoms with Crippen molar-refractivity contribution < 1.29 is 22.8 Å². The Kier molecular flexibility index (Phi) is 4.70. The molecular weight excluding hydrogens is 272 g/mol. The van der Waals surface area contributed by atoms with Crippen molar-refractivity contribution in [3.05, 3.63) is 11.5 Å². The lowest BCUT2D eigenvalue weighted by Gasteiger charge is -2.19. The van der Waals surface area contributed by atoms with Crippen LogP contribution in [0.25, 0.3) is 0 Å². The molecule has 2 atom stereocenters. The molecular formula is C11H18N2O5S. The Balaban J connectivity index is 3.12. The summed E-state index contributed by atoms with van der Waals surface area (Å²) in [7, 11) is -3.96. The summed E-state index contributed by atoms with van der Waals surface area (Å²) >= 11 is 0. The first-order valence-corrected chi connectivity index (χ1v) is 7.37. The zero-order valence-corrected chi connectivity index (χ0v) is 12.1. The van der Waals surface area contributed by atoms with Gasteiger partial charge in [-0.25, -0.2) is 8.42 Å². The number of carbonyl (C=O) groups is 1. The summed E-state index contributed by atoms with van der Waals surface area (Å²) in [5.74, 6) is -1.39. The normalized spacial score (nSPS) is 15.2. The van der Waals surface area contributed by atoms with Gasteiger partial charge in [0, 0.05) is 0 Å². The van der Waals surface area contributed by atoms with Crippen LogP contribution in [0, 0.1) is 19.8 Å². The fourth-order valence-corrected chi connectivity index (χ4v) is 3.36. The monoisotopic (exact) mass is 290 g/mol. The van der Waals surface area contributed by atoms with Crippen LogP contribution in [0.2, 0.25) is 0 Å². The average Bonchev–Trinajstić information content (AvgIpc) is 2.65. The second-order valence-corrected chi connectivity index (χ2v) is 6.13. The quantitative estimate of drug-likeness (QED) is 0.811. The highest BCUT2D eigenvalue weighted by Crippen LogP contribution is 2.20. The third kappa shape index (κ3) is 3.32. The Morgan fingerprint density at radius 3 is 2.42 bits per heavy atom. The van der Waals surface area contributed by atoms with Crippen molar-refractivity contribution in [2.45, 2.75) is 45.1 Å². The number of carboxylic acid groups (broad SMARTS) is 1. The van der Waals surface area contributed by atoms with Gasteiger partial charge in [0.15, 0.2) is 5.76 Å². The summed E-state index contributed by atoms with van der Waals surface area (Å²) in [5.41, 5.74) is 0.207. The number of hydrogen-bond acceptors (Lipinski definition) is 5. The van der Waals surface area contributed by atoms with E-state index >= 15 is 0 Å². The van der Waals surface area contributed by atoms with E-state index in [2.05, 4.69) is 9.88 Å². The Hall–Kier alpha value is -1.41. The van der Waals surface area contributed by atoms with Crippen LogP contribution in [0.1, 0.15) is 31.7 Å². The molecule has 0 spiro atoms. The van der Waals surface area contributed by atoms with Crippen LogP contribution in [-0.2, 0) is 14.8 Å². The molecule has 0 amide bonds. The molecule has 0 saturated heterocycles. The molecule has 0 bridgehead atoms. The third-order valence-electron chi connectivity index (χ3n) is 3.00. The van der Waals surface area contributed by atoms with E-state index in [-0.39, 0.29) is 22.3 Å². The van der Waals surface area contributed by atoms with E-state index in [0.29, 0.717) is 6.42 Å². The van der Waals surface area contributed by atoms with Gasteiger partial charge in [-0.2, -0.15) is 4.72 Å². The number of aryl methyl sites for hydroxylation is 2. The number of nitrogens with one attached hydrogen (secondary N) is 1. The van der Waals surface area contributed by atoms with Gasteiger partial charge in [0.1, 0.15) is 16.6 Å². The summed E-state index contributed by atoms with van der Waals surface area (Å²) in [5, 5.41) is 12.7. The fraction of sp³-hybridized carbons (Fsp3) is 0.636. The van der Waals surface area contributed by atoms with Crippen LogP contribution in [-0.4, -0.2) is 30.7 Å². The molecule has 1 aromatic heterocycles. The first-order valence-electron chi connectivity index (χ1n) is 5.88. The zero-order chi connectivity index (χ0) is 14.8. The van der Waals surface area contributed by atoms with Crippen LogP contribution in [0.4, 0.5) is 0 Å². The van der Waals surface area contributed by atoms with E-state index in [4.69, 9.17) is 9.63 Å². The Labute approximate surface area is 112 Å². The van der Waals surface area contributed by atoms with Crippen LogP contribution >= 0.6 is 0 Å². The highest BCUT2D eigenvalue weighted by Gasteiger charge is 2.32. The Morgan fingerprint density at radius 1 is 1.47 bits per heavy atom. The SMILES string of the molecule is CC[C@H](C)[C@H](NS(=O)(=O)c1c(C)noc1C)C(=O)O. The summed E-state index contributed by atoms with van der Waals surface area (Å²) in [6.45, 7) is 6.43. The summed E-state index contributed by atoms with van der Waals surface area (Å²) in [4.78, 5) is 11.1. The predicted octanol–water partition coefficient (Wildman–Crippen LogP) is 1.07. The number of rotatable bonds is 6. The average molecular weight is 290 g/mol. The summed E-state index contributed by atoms with van der Waals surface area (Å²) in [6.07, 6.45) is 0.543. The van der Waals surface area contributed by atoms with Crippen molar-refractivity contribution in [3.8, 4) is 0 Å². The van der Waals surface area contributed by atoms with Crippen LogP contribution < -0.4 is 4.72 Å². The summed E-state index contributed by atoms with van der Waals surface area (Å²) in [6, 6.07) is -1.18. The first kappa shape index (κ1) is 15.6. The van der Waals surface area contributed by atoms with Gasteiger partial charge in [0.2, 0.25) is 10.0 Å². The van der Waals surface area contributed by atoms with Gasteiger partial charge in [-0.05, 0) is 19.8 Å². The molecule has 0 radical (unpaired) electrons. The predicted molar refractivity (Wildman–Crippen MR) is 67.2 cm³/mol. The molecule has 0 saturated carbocycles. The van der Waals surface area contributed by atoms with Crippen molar-refractivity contribution in [2.75, 3.05) is 0 Å². The highest BCUT2D eigenvalue weighted by atomic mass is 32.2.